The Morgan fingerprint density at radius 3 is 2.88 bits per heavy atom. The number of aromatic nitrogens is 1. The number of carboxylic acids is 1. The summed E-state index contributed by atoms with van der Waals surface area (Å²) >= 11 is 0. The van der Waals surface area contributed by atoms with Crippen LogP contribution in [0.2, 0.25) is 0 Å². The number of aliphatic hydroxyl groups is 2. The summed E-state index contributed by atoms with van der Waals surface area (Å²) in [6.45, 7) is 1.21. The van der Waals surface area contributed by atoms with E-state index >= 15 is 0 Å². The Hall–Kier alpha value is -1.66. The fourth-order valence-electron chi connectivity index (χ4n) is 1.01. The van der Waals surface area contributed by atoms with Crippen molar-refractivity contribution in [1.29, 1.82) is 0 Å². The van der Waals surface area contributed by atoms with Crippen LogP contribution in [0.5, 0.6) is 0 Å². The molecule has 1 unspecified atom stereocenters. The number of pyridine rings is 1. The summed E-state index contributed by atoms with van der Waals surface area (Å²) in [6, 6.07) is 2.94. The topological polar surface area (TPSA) is 103 Å². The van der Waals surface area contributed by atoms with E-state index in [-0.39, 0.29) is 18.8 Å². The summed E-state index contributed by atoms with van der Waals surface area (Å²) in [4.78, 5) is 14.3. The average molecular weight is 226 g/mol. The van der Waals surface area contributed by atoms with Crippen LogP contribution in [-0.2, 0) is 0 Å². The minimum atomic E-state index is -1.24. The summed E-state index contributed by atoms with van der Waals surface area (Å²) < 4.78 is 0. The molecule has 0 spiro atoms. The van der Waals surface area contributed by atoms with Crippen LogP contribution in [0.4, 0.5) is 5.69 Å². The third-order valence-electron chi connectivity index (χ3n) is 1.99. The zero-order valence-electron chi connectivity index (χ0n) is 8.84. The van der Waals surface area contributed by atoms with Crippen LogP contribution in [0.1, 0.15) is 17.4 Å². The lowest BCUT2D eigenvalue weighted by molar-refractivity contribution is 0.0132. The molecule has 0 aliphatic rings. The van der Waals surface area contributed by atoms with Crippen molar-refractivity contribution in [3.05, 3.63) is 24.0 Å². The third-order valence-corrected chi connectivity index (χ3v) is 1.99. The lowest BCUT2D eigenvalue weighted by Gasteiger charge is -2.21. The number of aliphatic hydroxyl groups excluding tert-OH is 1. The Labute approximate surface area is 92.6 Å². The lowest BCUT2D eigenvalue weighted by atomic mass is 10.1. The molecule has 1 rings (SSSR count). The van der Waals surface area contributed by atoms with Gasteiger partial charge in [0.1, 0.15) is 11.3 Å². The van der Waals surface area contributed by atoms with Crippen molar-refractivity contribution in [2.45, 2.75) is 12.5 Å². The monoisotopic (exact) mass is 226 g/mol. The molecule has 1 atom stereocenters. The van der Waals surface area contributed by atoms with Gasteiger partial charge in [-0.25, -0.2) is 9.78 Å². The number of carbonyl (C=O) groups is 1. The van der Waals surface area contributed by atoms with E-state index < -0.39 is 11.6 Å². The first kappa shape index (κ1) is 12.4. The highest BCUT2D eigenvalue weighted by molar-refractivity contribution is 5.86. The largest absolute Gasteiger partial charge is 0.477 e. The van der Waals surface area contributed by atoms with Gasteiger partial charge in [0.15, 0.2) is 0 Å². The molecule has 4 N–H and O–H groups in total. The van der Waals surface area contributed by atoms with Gasteiger partial charge in [-0.15, -0.1) is 0 Å². The molecule has 6 nitrogen and oxygen atoms in total. The van der Waals surface area contributed by atoms with Crippen LogP contribution in [0.3, 0.4) is 0 Å². The number of nitrogens with one attached hydrogen (secondary N) is 1. The predicted octanol–water partition coefficient (Wildman–Crippen LogP) is -0.0650. The van der Waals surface area contributed by atoms with E-state index in [0.717, 1.165) is 0 Å². The van der Waals surface area contributed by atoms with Gasteiger partial charge in [0.25, 0.3) is 0 Å². The number of hydrogen-bond donors (Lipinski definition) is 4. The number of hydrogen-bond acceptors (Lipinski definition) is 5. The first-order valence-electron chi connectivity index (χ1n) is 4.71. The van der Waals surface area contributed by atoms with Crippen molar-refractivity contribution in [2.75, 3.05) is 18.5 Å². The second kappa shape index (κ2) is 4.91. The molecule has 0 amide bonds. The van der Waals surface area contributed by atoms with E-state index in [0.29, 0.717) is 5.69 Å². The minimum absolute atomic E-state index is 0.0753. The van der Waals surface area contributed by atoms with Crippen molar-refractivity contribution >= 4 is 11.7 Å². The van der Waals surface area contributed by atoms with Crippen molar-refractivity contribution in [3.8, 4) is 0 Å². The zero-order valence-corrected chi connectivity index (χ0v) is 8.84. The third kappa shape index (κ3) is 3.48. The molecule has 1 aromatic heterocycles. The molecular formula is C10H14N2O4. The maximum Gasteiger partial charge on any atom is 0.354 e. The van der Waals surface area contributed by atoms with Crippen LogP contribution in [0, 0.1) is 0 Å². The molecule has 0 saturated carbocycles. The summed E-state index contributed by atoms with van der Waals surface area (Å²) in [7, 11) is 0. The predicted molar refractivity (Wildman–Crippen MR) is 57.4 cm³/mol. The van der Waals surface area contributed by atoms with Gasteiger partial charge in [-0.3, -0.25) is 0 Å². The van der Waals surface area contributed by atoms with Gasteiger partial charge in [0.2, 0.25) is 0 Å². The first-order valence-corrected chi connectivity index (χ1v) is 4.71. The lowest BCUT2D eigenvalue weighted by Crippen LogP contribution is -2.37. The summed E-state index contributed by atoms with van der Waals surface area (Å²) in [5.74, 6) is -1.11. The molecule has 0 bridgehead atoms. The van der Waals surface area contributed by atoms with Crippen LogP contribution in [0.15, 0.2) is 18.3 Å². The molecule has 0 saturated heterocycles. The highest BCUT2D eigenvalue weighted by atomic mass is 16.4. The summed E-state index contributed by atoms with van der Waals surface area (Å²) in [5, 5.41) is 29.9. The number of carboxylic acid groups (broad SMARTS) is 1. The normalized spacial score (nSPS) is 14.2. The molecule has 16 heavy (non-hydrogen) atoms. The smallest absolute Gasteiger partial charge is 0.354 e. The van der Waals surface area contributed by atoms with Crippen LogP contribution in [0.25, 0.3) is 0 Å². The van der Waals surface area contributed by atoms with Gasteiger partial charge in [-0.1, -0.05) is 0 Å². The summed E-state index contributed by atoms with van der Waals surface area (Å²) in [6.07, 6.45) is 1.36. The van der Waals surface area contributed by atoms with E-state index in [1.807, 2.05) is 0 Å². The number of nitrogens with zero attached hydrogens (tertiary/aromatic N) is 1. The van der Waals surface area contributed by atoms with Crippen LogP contribution in [-0.4, -0.2) is 45.0 Å². The summed E-state index contributed by atoms with van der Waals surface area (Å²) in [5.41, 5.74) is -0.790. The Morgan fingerprint density at radius 1 is 1.62 bits per heavy atom. The molecule has 0 aliphatic heterocycles. The van der Waals surface area contributed by atoms with Crippen molar-refractivity contribution in [2.24, 2.45) is 0 Å². The highest BCUT2D eigenvalue weighted by Gasteiger charge is 2.18. The number of rotatable bonds is 5. The fraction of sp³-hybridized carbons (Fsp3) is 0.400. The van der Waals surface area contributed by atoms with E-state index in [1.165, 1.54) is 19.2 Å². The SMILES string of the molecule is CC(O)(CO)CNc1ccnc(C(=O)O)c1. The molecule has 0 radical (unpaired) electrons. The van der Waals surface area contributed by atoms with E-state index in [4.69, 9.17) is 10.2 Å². The van der Waals surface area contributed by atoms with E-state index in [9.17, 15) is 9.90 Å². The van der Waals surface area contributed by atoms with Crippen molar-refractivity contribution in [3.63, 3.8) is 0 Å². The van der Waals surface area contributed by atoms with E-state index in [2.05, 4.69) is 10.3 Å². The van der Waals surface area contributed by atoms with Gasteiger partial charge in [0.05, 0.1) is 6.61 Å². The molecule has 0 aromatic carbocycles. The van der Waals surface area contributed by atoms with Gasteiger partial charge in [-0.05, 0) is 19.1 Å². The number of anilines is 1. The van der Waals surface area contributed by atoms with Gasteiger partial charge < -0.3 is 20.6 Å². The molecule has 6 heteroatoms. The quantitative estimate of drug-likeness (QED) is 0.560. The molecule has 88 valence electrons. The Morgan fingerprint density at radius 2 is 2.31 bits per heavy atom. The van der Waals surface area contributed by atoms with Crippen molar-refractivity contribution < 1.29 is 20.1 Å². The molecule has 1 heterocycles. The van der Waals surface area contributed by atoms with Gasteiger partial charge in [-0.2, -0.15) is 0 Å². The van der Waals surface area contributed by atoms with Gasteiger partial charge >= 0.3 is 5.97 Å². The van der Waals surface area contributed by atoms with Crippen LogP contribution < -0.4 is 5.32 Å². The maximum absolute atomic E-state index is 10.6. The highest BCUT2D eigenvalue weighted by Crippen LogP contribution is 2.10. The average Bonchev–Trinajstić information content (AvgIpc) is 2.27. The molecule has 0 fully saturated rings. The first-order chi connectivity index (χ1) is 7.44. The molecular weight excluding hydrogens is 212 g/mol. The van der Waals surface area contributed by atoms with Gasteiger partial charge in [0, 0.05) is 18.4 Å². The minimum Gasteiger partial charge on any atom is -0.477 e. The standard InChI is InChI=1S/C10H14N2O4/c1-10(16,6-13)5-12-7-2-3-11-8(4-7)9(14)15/h2-4,13,16H,5-6H2,1H3,(H,11,12)(H,14,15). The fourth-order valence-corrected chi connectivity index (χ4v) is 1.01. The Balaban J connectivity index is 2.68. The van der Waals surface area contributed by atoms with Crippen molar-refractivity contribution in [1.82, 2.24) is 4.98 Å². The zero-order chi connectivity index (χ0) is 12.2. The molecule has 0 aliphatic carbocycles. The second-order valence-electron chi connectivity index (χ2n) is 3.74. The number of aromatic carboxylic acids is 1. The Kier molecular flexibility index (Phi) is 3.81. The molecule has 1 aromatic rings. The Bertz CT molecular complexity index is 379. The maximum atomic E-state index is 10.6. The second-order valence-corrected chi connectivity index (χ2v) is 3.74. The van der Waals surface area contributed by atoms with Crippen LogP contribution >= 0.6 is 0 Å². The van der Waals surface area contributed by atoms with E-state index in [1.54, 1.807) is 6.07 Å².